The minimum absolute atomic E-state index is 0.0965. The highest BCUT2D eigenvalue weighted by molar-refractivity contribution is 6.09. The van der Waals surface area contributed by atoms with Crippen LogP contribution in [-0.4, -0.2) is 35.3 Å². The van der Waals surface area contributed by atoms with Gasteiger partial charge in [0.15, 0.2) is 0 Å². The molecule has 38 heavy (non-hydrogen) atoms. The molecular weight excluding hydrogens is 484 g/mol. The number of ether oxygens (including phenoxy) is 1. The first-order chi connectivity index (χ1) is 18.2. The van der Waals surface area contributed by atoms with E-state index in [-0.39, 0.29) is 18.2 Å². The summed E-state index contributed by atoms with van der Waals surface area (Å²) in [6.07, 6.45) is 6.08. The largest absolute Gasteiger partial charge is 0.735 e. The summed E-state index contributed by atoms with van der Waals surface area (Å²) in [5.41, 5.74) is 4.88. The molecule has 2 aromatic carbocycles. The molecule has 9 nitrogen and oxygen atoms in total. The number of nitrogens with one attached hydrogen (secondary N) is 2. The Morgan fingerprint density at radius 3 is 2.53 bits per heavy atom. The molecule has 0 aromatic heterocycles. The lowest BCUT2D eigenvalue weighted by Crippen LogP contribution is -2.34. The number of hydrogen-bond acceptors (Lipinski definition) is 7. The highest BCUT2D eigenvalue weighted by Gasteiger charge is 2.37. The van der Waals surface area contributed by atoms with Gasteiger partial charge < -0.3 is 25.7 Å². The Morgan fingerprint density at radius 2 is 1.87 bits per heavy atom. The monoisotopic (exact) mass is 511 g/mol. The van der Waals surface area contributed by atoms with Crippen LogP contribution in [0.4, 0.5) is 5.69 Å². The third-order valence-corrected chi connectivity index (χ3v) is 6.36. The van der Waals surface area contributed by atoms with Crippen molar-refractivity contribution in [3.63, 3.8) is 0 Å². The van der Waals surface area contributed by atoms with Crippen LogP contribution >= 0.6 is 0 Å². The van der Waals surface area contributed by atoms with E-state index < -0.39 is 23.7 Å². The van der Waals surface area contributed by atoms with Gasteiger partial charge in [-0.1, -0.05) is 30.2 Å². The molecule has 2 aliphatic heterocycles. The molecule has 2 N–H and O–H groups in total. The van der Waals surface area contributed by atoms with Gasteiger partial charge in [0.05, 0.1) is 23.8 Å². The van der Waals surface area contributed by atoms with Gasteiger partial charge in [-0.3, -0.25) is 9.59 Å². The fourth-order valence-corrected chi connectivity index (χ4v) is 4.60. The molecular formula is C29H27N4O5-. The summed E-state index contributed by atoms with van der Waals surface area (Å²) < 4.78 is 5.34. The average molecular weight is 512 g/mol. The Morgan fingerprint density at radius 1 is 1.16 bits per heavy atom. The molecule has 9 heteroatoms. The topological polar surface area (TPSA) is 123 Å². The van der Waals surface area contributed by atoms with Gasteiger partial charge in [0.25, 0.3) is 5.91 Å². The van der Waals surface area contributed by atoms with E-state index in [1.54, 1.807) is 63.2 Å². The van der Waals surface area contributed by atoms with Crippen LogP contribution in [0.25, 0.3) is 0 Å². The lowest BCUT2D eigenvalue weighted by molar-refractivity contribution is -0.138. The van der Waals surface area contributed by atoms with Crippen molar-refractivity contribution in [1.82, 2.24) is 10.5 Å². The normalized spacial score (nSPS) is 17.4. The number of hydrazone groups is 1. The van der Waals surface area contributed by atoms with E-state index in [9.17, 15) is 19.6 Å². The summed E-state index contributed by atoms with van der Waals surface area (Å²) in [6, 6.07) is 14.0. The Bertz CT molecular complexity index is 1430. The zero-order chi connectivity index (χ0) is 27.4. The highest BCUT2D eigenvalue weighted by Crippen LogP contribution is 2.39. The van der Waals surface area contributed by atoms with Gasteiger partial charge in [-0.05, 0) is 56.2 Å². The van der Waals surface area contributed by atoms with E-state index in [0.29, 0.717) is 57.1 Å². The van der Waals surface area contributed by atoms with E-state index in [4.69, 9.17) is 11.2 Å². The molecule has 0 fully saturated rings. The number of rotatable bonds is 6. The maximum atomic E-state index is 13.7. The number of dihydropyridines is 1. The third-order valence-electron chi connectivity index (χ3n) is 6.36. The standard InChI is InChI=1S/C29H27N4O5/c1-5-19-8-7-9-21(16-19)27-25(17(3)30-18(4)26(27)29(36)38-6-2)28(35)31-22-12-10-20(11-13-22)23-14-15-24(34)33(37)32-23/h1,7-13,16,27,30H,6,14-15H2,2-4H3,(H,31,35)/q-1. The van der Waals surface area contributed by atoms with E-state index in [2.05, 4.69) is 21.7 Å². The van der Waals surface area contributed by atoms with Gasteiger partial charge in [-0.25, -0.2) is 4.79 Å². The number of terminal acetylenes is 1. The lowest BCUT2D eigenvalue weighted by Gasteiger charge is -2.31. The fraction of sp³-hybridized carbons (Fsp3) is 0.241. The fourth-order valence-electron chi connectivity index (χ4n) is 4.60. The molecule has 194 valence electrons. The molecule has 2 amide bonds. The van der Waals surface area contributed by atoms with Gasteiger partial charge >= 0.3 is 5.97 Å². The Hall–Kier alpha value is -4.68. The second-order valence-electron chi connectivity index (χ2n) is 8.87. The Kier molecular flexibility index (Phi) is 7.74. The van der Waals surface area contributed by atoms with E-state index in [1.807, 2.05) is 6.07 Å². The second-order valence-corrected chi connectivity index (χ2v) is 8.87. The summed E-state index contributed by atoms with van der Waals surface area (Å²) in [5.74, 6) is 0.401. The van der Waals surface area contributed by atoms with Crippen LogP contribution in [0.3, 0.4) is 0 Å². The maximum absolute atomic E-state index is 13.7. The maximum Gasteiger partial charge on any atom is 0.336 e. The summed E-state index contributed by atoms with van der Waals surface area (Å²) in [7, 11) is 0. The first-order valence-electron chi connectivity index (χ1n) is 12.1. The van der Waals surface area contributed by atoms with Gasteiger partial charge in [-0.15, -0.1) is 6.42 Å². The Balaban J connectivity index is 1.66. The van der Waals surface area contributed by atoms with Crippen molar-refractivity contribution in [1.29, 1.82) is 0 Å². The first kappa shape index (κ1) is 26.4. The van der Waals surface area contributed by atoms with Crippen LogP contribution in [0, 0.1) is 17.6 Å². The van der Waals surface area contributed by atoms with Crippen LogP contribution in [0.5, 0.6) is 0 Å². The molecule has 0 aliphatic carbocycles. The molecule has 0 saturated carbocycles. The number of esters is 1. The number of allylic oxidation sites excluding steroid dienone is 2. The molecule has 0 bridgehead atoms. The molecule has 1 atom stereocenters. The van der Waals surface area contributed by atoms with Crippen LogP contribution < -0.4 is 10.6 Å². The summed E-state index contributed by atoms with van der Waals surface area (Å²) in [4.78, 5) is 38.1. The quantitative estimate of drug-likeness (QED) is 0.448. The molecule has 0 saturated heterocycles. The summed E-state index contributed by atoms with van der Waals surface area (Å²) in [5, 5.41) is 21.5. The predicted molar refractivity (Wildman–Crippen MR) is 143 cm³/mol. The van der Waals surface area contributed by atoms with Gasteiger partial charge in [0.2, 0.25) is 5.91 Å². The summed E-state index contributed by atoms with van der Waals surface area (Å²) >= 11 is 0. The number of amides is 2. The smallest absolute Gasteiger partial charge is 0.336 e. The Labute approximate surface area is 220 Å². The third kappa shape index (κ3) is 5.36. The van der Waals surface area contributed by atoms with Crippen molar-refractivity contribution in [2.24, 2.45) is 5.10 Å². The zero-order valence-electron chi connectivity index (χ0n) is 21.3. The van der Waals surface area contributed by atoms with Crippen LogP contribution in [-0.2, 0) is 19.1 Å². The first-order valence-corrected chi connectivity index (χ1v) is 12.1. The van der Waals surface area contributed by atoms with Crippen LogP contribution in [0.2, 0.25) is 0 Å². The molecule has 2 aliphatic rings. The van der Waals surface area contributed by atoms with Crippen LogP contribution in [0.15, 0.2) is 76.2 Å². The molecule has 2 aromatic rings. The van der Waals surface area contributed by atoms with E-state index in [1.165, 1.54) is 0 Å². The molecule has 0 radical (unpaired) electrons. The zero-order valence-corrected chi connectivity index (χ0v) is 21.3. The number of anilines is 1. The lowest BCUT2D eigenvalue weighted by atomic mass is 9.79. The van der Waals surface area contributed by atoms with Crippen molar-refractivity contribution in [3.05, 3.63) is 93.0 Å². The number of benzene rings is 2. The predicted octanol–water partition coefficient (Wildman–Crippen LogP) is 3.93. The number of nitrogens with zero attached hydrogens (tertiary/aromatic N) is 2. The second kappa shape index (κ2) is 11.2. The van der Waals surface area contributed by atoms with Crippen molar-refractivity contribution >= 4 is 29.2 Å². The van der Waals surface area contributed by atoms with Crippen LogP contribution in [0.1, 0.15) is 56.2 Å². The SMILES string of the molecule is C#Cc1cccc(C2C(C(=O)Nc3ccc(C4=NN([O-])C(=O)CC4)cc3)=C(C)NC(C)=C2C(=O)OCC)c1. The molecule has 0 spiro atoms. The minimum atomic E-state index is -0.708. The number of hydrogen-bond donors (Lipinski definition) is 2. The van der Waals surface area contributed by atoms with Crippen molar-refractivity contribution in [3.8, 4) is 12.3 Å². The molecule has 1 unspecified atom stereocenters. The number of carbonyl (C=O) groups is 3. The number of hydroxylamine groups is 1. The van der Waals surface area contributed by atoms with Gasteiger partial charge in [-0.2, -0.15) is 5.10 Å². The van der Waals surface area contributed by atoms with Crippen molar-refractivity contribution < 1.29 is 19.1 Å². The van der Waals surface area contributed by atoms with Crippen molar-refractivity contribution in [2.45, 2.75) is 39.5 Å². The van der Waals surface area contributed by atoms with Crippen molar-refractivity contribution in [2.75, 3.05) is 11.9 Å². The number of carbonyl (C=O) groups excluding carboxylic acids is 3. The highest BCUT2D eigenvalue weighted by atomic mass is 16.5. The molecule has 2 heterocycles. The van der Waals surface area contributed by atoms with E-state index in [0.717, 1.165) is 0 Å². The summed E-state index contributed by atoms with van der Waals surface area (Å²) in [6.45, 7) is 5.46. The molecule has 4 rings (SSSR count). The van der Waals surface area contributed by atoms with Gasteiger partial charge in [0.1, 0.15) is 0 Å². The minimum Gasteiger partial charge on any atom is -0.735 e. The van der Waals surface area contributed by atoms with E-state index >= 15 is 0 Å². The van der Waals surface area contributed by atoms with Gasteiger partial charge in [0, 0.05) is 41.1 Å². The average Bonchev–Trinajstić information content (AvgIpc) is 2.90.